The number of aromatic nitrogens is 2. The summed E-state index contributed by atoms with van der Waals surface area (Å²) in [6, 6.07) is 4.23. The van der Waals surface area contributed by atoms with E-state index >= 15 is 0 Å². The highest BCUT2D eigenvalue weighted by Crippen LogP contribution is 2.39. The Bertz CT molecular complexity index is 975. The van der Waals surface area contributed by atoms with Crippen molar-refractivity contribution in [2.75, 3.05) is 0 Å². The minimum Gasteiger partial charge on any atom is -0.172 e. The summed E-state index contributed by atoms with van der Waals surface area (Å²) in [6.45, 7) is 0. The van der Waals surface area contributed by atoms with Crippen molar-refractivity contribution < 1.29 is 0 Å². The van der Waals surface area contributed by atoms with Gasteiger partial charge in [-0.05, 0) is 35.5 Å². The summed E-state index contributed by atoms with van der Waals surface area (Å²) in [6.07, 6.45) is 9.40. The van der Waals surface area contributed by atoms with Crippen molar-refractivity contribution in [2.45, 2.75) is 12.8 Å². The second kappa shape index (κ2) is 7.04. The van der Waals surface area contributed by atoms with Gasteiger partial charge in [0.25, 0.3) is 0 Å². The lowest BCUT2D eigenvalue weighted by Gasteiger charge is -2.17. The Kier molecular flexibility index (Phi) is 4.94. The first kappa shape index (κ1) is 17.5. The van der Waals surface area contributed by atoms with Crippen LogP contribution in [0.25, 0.3) is 22.2 Å². The molecule has 0 aliphatic heterocycles. The van der Waals surface area contributed by atoms with Crippen LogP contribution >= 0.6 is 68.0 Å². The molecule has 124 valence electrons. The number of halogens is 2. The lowest BCUT2D eigenvalue weighted by molar-refractivity contribution is 1.43. The molecular formula is C18H10Br2N2S3. The zero-order chi connectivity index (χ0) is 17.6. The molecule has 0 bridgehead atoms. The molecule has 2 aliphatic rings. The van der Waals surface area contributed by atoms with Crippen LogP contribution in [-0.4, -0.2) is 18.5 Å². The average Bonchev–Trinajstić information content (AvgIpc) is 3.08. The normalized spacial score (nSPS) is 18.0. The first-order valence-corrected chi connectivity index (χ1v) is 10.6. The molecule has 2 aromatic rings. The Morgan fingerprint density at radius 3 is 1.64 bits per heavy atom. The van der Waals surface area contributed by atoms with E-state index in [4.69, 9.17) is 24.4 Å². The number of allylic oxidation sites excluding steroid dienone is 8. The van der Waals surface area contributed by atoms with E-state index in [0.717, 1.165) is 64.8 Å². The molecule has 2 nitrogen and oxygen atoms in total. The Labute approximate surface area is 177 Å². The van der Waals surface area contributed by atoms with Gasteiger partial charge in [-0.15, -0.1) is 0 Å². The van der Waals surface area contributed by atoms with Crippen LogP contribution in [0.3, 0.4) is 0 Å². The number of hydrogen-bond donors (Lipinski definition) is 0. The van der Waals surface area contributed by atoms with Crippen molar-refractivity contribution in [3.05, 3.63) is 56.5 Å². The SMILES string of the molecule is S=C1C=CC(Br)=C(c2ccc(C3=C(Br)C=CC(=S)C3)c3nsnc23)C1. The Morgan fingerprint density at radius 1 is 0.760 bits per heavy atom. The number of rotatable bonds is 2. The maximum absolute atomic E-state index is 5.38. The molecule has 0 N–H and O–H groups in total. The van der Waals surface area contributed by atoms with Crippen LogP contribution in [-0.2, 0) is 0 Å². The van der Waals surface area contributed by atoms with Gasteiger partial charge in [0.15, 0.2) is 0 Å². The molecule has 0 spiro atoms. The van der Waals surface area contributed by atoms with Crippen molar-refractivity contribution >= 4 is 99.9 Å². The molecule has 1 heterocycles. The molecule has 7 heteroatoms. The standard InChI is InChI=1S/C18H10Br2N2S3/c19-15-5-1-9(23)7-13(15)11-3-4-12(18-17(11)21-25-22-18)14-8-10(24)2-6-16(14)20/h1-6H,7-8H2. The van der Waals surface area contributed by atoms with Crippen molar-refractivity contribution in [3.8, 4) is 0 Å². The molecule has 0 amide bonds. The first-order valence-electron chi connectivity index (χ1n) is 7.49. The van der Waals surface area contributed by atoms with Crippen LogP contribution in [0, 0.1) is 0 Å². The monoisotopic (exact) mass is 508 g/mol. The minimum atomic E-state index is 0.734. The lowest BCUT2D eigenvalue weighted by atomic mass is 9.91. The molecule has 1 aromatic carbocycles. The van der Waals surface area contributed by atoms with Gasteiger partial charge in [-0.1, -0.05) is 68.4 Å². The summed E-state index contributed by atoms with van der Waals surface area (Å²) in [5.74, 6) is 0. The van der Waals surface area contributed by atoms with Gasteiger partial charge in [-0.3, -0.25) is 0 Å². The summed E-state index contributed by atoms with van der Waals surface area (Å²) < 4.78 is 11.2. The fourth-order valence-electron chi connectivity index (χ4n) is 2.97. The van der Waals surface area contributed by atoms with E-state index in [9.17, 15) is 0 Å². The zero-order valence-corrected chi connectivity index (χ0v) is 18.4. The third-order valence-electron chi connectivity index (χ3n) is 4.18. The van der Waals surface area contributed by atoms with Gasteiger partial charge >= 0.3 is 0 Å². The predicted octanol–water partition coefficient (Wildman–Crippen LogP) is 6.56. The molecule has 0 fully saturated rings. The maximum Gasteiger partial charge on any atom is 0.112 e. The van der Waals surface area contributed by atoms with Crippen molar-refractivity contribution in [2.24, 2.45) is 0 Å². The summed E-state index contributed by atoms with van der Waals surface area (Å²) in [5.41, 5.74) is 6.31. The Hall–Kier alpha value is -0.860. The van der Waals surface area contributed by atoms with Crippen LogP contribution in [0.15, 0.2) is 45.4 Å². The highest BCUT2D eigenvalue weighted by molar-refractivity contribution is 9.12. The molecule has 0 radical (unpaired) electrons. The number of hydrogen-bond acceptors (Lipinski definition) is 5. The zero-order valence-electron chi connectivity index (χ0n) is 12.8. The molecule has 1 aromatic heterocycles. The molecule has 0 unspecified atom stereocenters. The minimum absolute atomic E-state index is 0.734. The summed E-state index contributed by atoms with van der Waals surface area (Å²) >= 11 is 19.3. The third kappa shape index (κ3) is 3.28. The molecule has 4 rings (SSSR count). The highest BCUT2D eigenvalue weighted by atomic mass is 79.9. The second-order valence-electron chi connectivity index (χ2n) is 5.73. The van der Waals surface area contributed by atoms with Crippen LogP contribution in [0.4, 0.5) is 0 Å². The average molecular weight is 510 g/mol. The number of nitrogens with zero attached hydrogens (tertiary/aromatic N) is 2. The topological polar surface area (TPSA) is 25.8 Å². The molecule has 0 saturated carbocycles. The summed E-state index contributed by atoms with van der Waals surface area (Å²) in [7, 11) is 0. The van der Waals surface area contributed by atoms with Gasteiger partial charge in [0, 0.05) is 42.7 Å². The van der Waals surface area contributed by atoms with E-state index < -0.39 is 0 Å². The predicted molar refractivity (Wildman–Crippen MR) is 122 cm³/mol. The van der Waals surface area contributed by atoms with Gasteiger partial charge in [-0.2, -0.15) is 8.75 Å². The van der Waals surface area contributed by atoms with Crippen molar-refractivity contribution in [3.63, 3.8) is 0 Å². The van der Waals surface area contributed by atoms with Gasteiger partial charge in [-0.25, -0.2) is 0 Å². The largest absolute Gasteiger partial charge is 0.172 e. The Balaban J connectivity index is 1.92. The van der Waals surface area contributed by atoms with Crippen LogP contribution in [0.2, 0.25) is 0 Å². The van der Waals surface area contributed by atoms with Gasteiger partial charge < -0.3 is 0 Å². The van der Waals surface area contributed by atoms with E-state index in [-0.39, 0.29) is 0 Å². The van der Waals surface area contributed by atoms with Gasteiger partial charge in [0.05, 0.1) is 11.7 Å². The number of thiocarbonyl (C=S) groups is 2. The van der Waals surface area contributed by atoms with Crippen LogP contribution in [0.1, 0.15) is 24.0 Å². The van der Waals surface area contributed by atoms with E-state index in [1.807, 2.05) is 24.3 Å². The van der Waals surface area contributed by atoms with E-state index in [0.29, 0.717) is 0 Å². The van der Waals surface area contributed by atoms with E-state index in [1.165, 1.54) is 11.7 Å². The fourth-order valence-corrected chi connectivity index (χ4v) is 4.94. The molecule has 0 atom stereocenters. The molecule has 2 aliphatic carbocycles. The van der Waals surface area contributed by atoms with E-state index in [1.54, 1.807) is 0 Å². The molecular weight excluding hydrogens is 500 g/mol. The van der Waals surface area contributed by atoms with Crippen LogP contribution < -0.4 is 0 Å². The smallest absolute Gasteiger partial charge is 0.112 e. The molecule has 0 saturated heterocycles. The highest BCUT2D eigenvalue weighted by Gasteiger charge is 2.21. The summed E-state index contributed by atoms with van der Waals surface area (Å²) in [4.78, 5) is 1.85. The van der Waals surface area contributed by atoms with Gasteiger partial charge in [0.2, 0.25) is 0 Å². The maximum atomic E-state index is 5.38. The first-order chi connectivity index (χ1) is 12.0. The summed E-state index contributed by atoms with van der Waals surface area (Å²) in [5, 5.41) is 0. The van der Waals surface area contributed by atoms with Crippen LogP contribution in [0.5, 0.6) is 0 Å². The van der Waals surface area contributed by atoms with Crippen molar-refractivity contribution in [1.82, 2.24) is 8.75 Å². The van der Waals surface area contributed by atoms with Crippen molar-refractivity contribution in [1.29, 1.82) is 0 Å². The van der Waals surface area contributed by atoms with Gasteiger partial charge in [0.1, 0.15) is 11.0 Å². The molecule has 25 heavy (non-hydrogen) atoms. The second-order valence-corrected chi connectivity index (χ2v) is 9.01. The number of benzene rings is 1. The third-order valence-corrected chi connectivity index (χ3v) is 6.75. The lowest BCUT2D eigenvalue weighted by Crippen LogP contribution is -2.03. The number of fused-ring (bicyclic) bond motifs is 1. The Morgan fingerprint density at radius 2 is 1.20 bits per heavy atom. The fraction of sp³-hybridized carbons (Fsp3) is 0.111. The van der Waals surface area contributed by atoms with E-state index in [2.05, 4.69) is 52.7 Å². The quantitative estimate of drug-likeness (QED) is 0.428.